The van der Waals surface area contributed by atoms with Gasteiger partial charge in [0.05, 0.1) is 10.5 Å². The fourth-order valence-electron chi connectivity index (χ4n) is 2.83. The zero-order chi connectivity index (χ0) is 20.7. The van der Waals surface area contributed by atoms with Gasteiger partial charge in [-0.15, -0.1) is 0 Å². The van der Waals surface area contributed by atoms with Crippen molar-refractivity contribution in [1.29, 1.82) is 0 Å². The number of rotatable bonds is 8. The third-order valence-electron chi connectivity index (χ3n) is 4.45. The van der Waals surface area contributed by atoms with Crippen LogP contribution in [-0.4, -0.2) is 39.2 Å². The second-order valence-corrected chi connectivity index (χ2v) is 8.56. The van der Waals surface area contributed by atoms with Crippen LogP contribution in [0.5, 0.6) is 0 Å². The zero-order valence-corrected chi connectivity index (χ0v) is 17.0. The van der Waals surface area contributed by atoms with Gasteiger partial charge in [0.25, 0.3) is 5.91 Å². The molecule has 150 valence electrons. The van der Waals surface area contributed by atoms with E-state index in [0.29, 0.717) is 6.54 Å². The molecule has 0 fully saturated rings. The van der Waals surface area contributed by atoms with Crippen LogP contribution in [0.25, 0.3) is 0 Å². The molecule has 1 amide bonds. The van der Waals surface area contributed by atoms with E-state index < -0.39 is 27.8 Å². The standard InChI is InChI=1S/C21H25NO5S/c1-4-16(17-10-6-5-7-11-17)14-22-20(23)15(2)27-21(24)18-12-8-9-13-19(18)28(3,25)26/h5-13,15-16H,4,14H2,1-3H3,(H,22,23)/t15-,16-/m0/s1. The third kappa shape index (κ3) is 5.66. The van der Waals surface area contributed by atoms with Gasteiger partial charge in [0.1, 0.15) is 0 Å². The molecule has 0 heterocycles. The minimum atomic E-state index is -3.59. The van der Waals surface area contributed by atoms with Gasteiger partial charge in [0.15, 0.2) is 15.9 Å². The lowest BCUT2D eigenvalue weighted by Gasteiger charge is -2.19. The third-order valence-corrected chi connectivity index (χ3v) is 5.60. The zero-order valence-electron chi connectivity index (χ0n) is 16.2. The van der Waals surface area contributed by atoms with Crippen molar-refractivity contribution in [2.45, 2.75) is 37.2 Å². The highest BCUT2D eigenvalue weighted by molar-refractivity contribution is 7.90. The molecule has 0 bridgehead atoms. The molecule has 0 radical (unpaired) electrons. The lowest BCUT2D eigenvalue weighted by atomic mass is 9.96. The van der Waals surface area contributed by atoms with E-state index >= 15 is 0 Å². The molecule has 2 rings (SSSR count). The number of ether oxygens (including phenoxy) is 1. The molecule has 0 aliphatic heterocycles. The average molecular weight is 404 g/mol. The van der Waals surface area contributed by atoms with Gasteiger partial charge >= 0.3 is 5.97 Å². The quantitative estimate of drug-likeness (QED) is 0.685. The Hall–Kier alpha value is -2.67. The summed E-state index contributed by atoms with van der Waals surface area (Å²) in [6.45, 7) is 3.91. The number of hydrogen-bond acceptors (Lipinski definition) is 5. The van der Waals surface area contributed by atoms with Gasteiger partial charge in [-0.3, -0.25) is 4.79 Å². The molecule has 2 atom stereocenters. The molecular weight excluding hydrogens is 378 g/mol. The van der Waals surface area contributed by atoms with Crippen molar-refractivity contribution in [3.63, 3.8) is 0 Å². The van der Waals surface area contributed by atoms with Crippen LogP contribution in [0.4, 0.5) is 0 Å². The predicted molar refractivity (Wildman–Crippen MR) is 107 cm³/mol. The van der Waals surface area contributed by atoms with Crippen molar-refractivity contribution in [2.24, 2.45) is 0 Å². The Morgan fingerprint density at radius 1 is 1.04 bits per heavy atom. The maximum atomic E-state index is 12.4. The molecule has 0 spiro atoms. The molecule has 0 saturated carbocycles. The van der Waals surface area contributed by atoms with Crippen LogP contribution in [0.3, 0.4) is 0 Å². The molecule has 0 aromatic heterocycles. The van der Waals surface area contributed by atoms with Gasteiger partial charge in [0.2, 0.25) is 0 Å². The first-order valence-electron chi connectivity index (χ1n) is 9.06. The van der Waals surface area contributed by atoms with E-state index in [1.807, 2.05) is 37.3 Å². The molecule has 2 aromatic carbocycles. The van der Waals surface area contributed by atoms with E-state index in [9.17, 15) is 18.0 Å². The van der Waals surface area contributed by atoms with Gasteiger partial charge in [0, 0.05) is 18.7 Å². The van der Waals surface area contributed by atoms with Crippen LogP contribution < -0.4 is 5.32 Å². The fourth-order valence-corrected chi connectivity index (χ4v) is 3.70. The Kier molecular flexibility index (Phi) is 7.34. The van der Waals surface area contributed by atoms with Gasteiger partial charge < -0.3 is 10.1 Å². The predicted octanol–water partition coefficient (Wildman–Crippen LogP) is 2.95. The maximum Gasteiger partial charge on any atom is 0.340 e. The minimum absolute atomic E-state index is 0.0830. The lowest BCUT2D eigenvalue weighted by molar-refractivity contribution is -0.129. The van der Waals surface area contributed by atoms with Crippen LogP contribution in [0, 0.1) is 0 Å². The number of benzene rings is 2. The molecule has 28 heavy (non-hydrogen) atoms. The number of carbonyl (C=O) groups is 2. The summed E-state index contributed by atoms with van der Waals surface area (Å²) in [5.41, 5.74) is 1.04. The Balaban J connectivity index is 2.00. The first-order valence-corrected chi connectivity index (χ1v) is 11.0. The summed E-state index contributed by atoms with van der Waals surface area (Å²) in [4.78, 5) is 24.6. The number of carbonyl (C=O) groups excluding carboxylic acids is 2. The number of esters is 1. The van der Waals surface area contributed by atoms with Crippen LogP contribution in [0.15, 0.2) is 59.5 Å². The number of sulfone groups is 1. The number of nitrogens with one attached hydrogen (secondary N) is 1. The topological polar surface area (TPSA) is 89.5 Å². The van der Waals surface area contributed by atoms with Crippen LogP contribution >= 0.6 is 0 Å². The van der Waals surface area contributed by atoms with E-state index in [0.717, 1.165) is 18.2 Å². The summed E-state index contributed by atoms with van der Waals surface area (Å²) in [7, 11) is -3.59. The SMILES string of the molecule is CC[C@@H](CNC(=O)[C@H](C)OC(=O)c1ccccc1S(C)(=O)=O)c1ccccc1. The molecular formula is C21H25NO5S. The summed E-state index contributed by atoms with van der Waals surface area (Å²) in [6, 6.07) is 15.6. The number of amides is 1. The van der Waals surface area contributed by atoms with E-state index in [1.165, 1.54) is 25.1 Å². The van der Waals surface area contributed by atoms with Crippen molar-refractivity contribution >= 4 is 21.7 Å². The summed E-state index contributed by atoms with van der Waals surface area (Å²) in [5.74, 6) is -1.13. The summed E-state index contributed by atoms with van der Waals surface area (Å²) in [5, 5.41) is 2.80. The molecule has 7 heteroatoms. The molecule has 0 aliphatic carbocycles. The van der Waals surface area contributed by atoms with Gasteiger partial charge in [-0.25, -0.2) is 13.2 Å². The number of hydrogen-bond donors (Lipinski definition) is 1. The van der Waals surface area contributed by atoms with Crippen LogP contribution in [0.1, 0.15) is 42.1 Å². The van der Waals surface area contributed by atoms with Crippen LogP contribution in [0.2, 0.25) is 0 Å². The molecule has 0 saturated heterocycles. The first kappa shape index (κ1) is 21.6. The highest BCUT2D eigenvalue weighted by atomic mass is 32.2. The Labute approximate surface area is 165 Å². The molecule has 0 unspecified atom stereocenters. The smallest absolute Gasteiger partial charge is 0.340 e. The Morgan fingerprint density at radius 3 is 2.25 bits per heavy atom. The van der Waals surface area contributed by atoms with Gasteiger partial charge in [-0.05, 0) is 31.0 Å². The minimum Gasteiger partial charge on any atom is -0.449 e. The largest absolute Gasteiger partial charge is 0.449 e. The first-order chi connectivity index (χ1) is 13.2. The molecule has 6 nitrogen and oxygen atoms in total. The Morgan fingerprint density at radius 2 is 1.64 bits per heavy atom. The monoisotopic (exact) mass is 403 g/mol. The van der Waals surface area contributed by atoms with E-state index in [-0.39, 0.29) is 16.4 Å². The fraction of sp³-hybridized carbons (Fsp3) is 0.333. The van der Waals surface area contributed by atoms with E-state index in [2.05, 4.69) is 5.32 Å². The van der Waals surface area contributed by atoms with E-state index in [4.69, 9.17) is 4.74 Å². The lowest BCUT2D eigenvalue weighted by Crippen LogP contribution is -2.38. The molecule has 0 aliphatic rings. The second kappa shape index (κ2) is 9.50. The summed E-state index contributed by atoms with van der Waals surface area (Å²) >= 11 is 0. The Bertz CT molecular complexity index is 925. The van der Waals surface area contributed by atoms with E-state index in [1.54, 1.807) is 6.07 Å². The molecule has 2 aromatic rings. The van der Waals surface area contributed by atoms with Gasteiger partial charge in [-0.1, -0.05) is 49.4 Å². The normalized spacial score (nSPS) is 13.4. The average Bonchev–Trinajstić information content (AvgIpc) is 2.68. The van der Waals surface area contributed by atoms with Gasteiger partial charge in [-0.2, -0.15) is 0 Å². The van der Waals surface area contributed by atoms with Crippen molar-refractivity contribution in [1.82, 2.24) is 5.32 Å². The maximum absolute atomic E-state index is 12.4. The van der Waals surface area contributed by atoms with Crippen LogP contribution in [-0.2, 0) is 19.4 Å². The van der Waals surface area contributed by atoms with Crippen molar-refractivity contribution in [2.75, 3.05) is 12.8 Å². The van der Waals surface area contributed by atoms with Crippen molar-refractivity contribution in [3.05, 3.63) is 65.7 Å². The summed E-state index contributed by atoms with van der Waals surface area (Å²) < 4.78 is 28.9. The van der Waals surface area contributed by atoms with Crippen molar-refractivity contribution < 1.29 is 22.7 Å². The second-order valence-electron chi connectivity index (χ2n) is 6.58. The highest BCUT2D eigenvalue weighted by Gasteiger charge is 2.24. The van der Waals surface area contributed by atoms with Crippen molar-refractivity contribution in [3.8, 4) is 0 Å². The molecule has 1 N–H and O–H groups in total. The summed E-state index contributed by atoms with van der Waals surface area (Å²) in [6.07, 6.45) is 0.817. The highest BCUT2D eigenvalue weighted by Crippen LogP contribution is 2.19.